The third-order valence-electron chi connectivity index (χ3n) is 10.5. The third kappa shape index (κ3) is 5.93. The average Bonchev–Trinajstić information content (AvgIpc) is 3.81. The van der Waals surface area contributed by atoms with Crippen molar-refractivity contribution in [3.8, 4) is 17.6 Å². The molecule has 272 valence electrons. The Kier molecular flexibility index (Phi) is 8.17. The van der Waals surface area contributed by atoms with Gasteiger partial charge in [0.15, 0.2) is 17.3 Å². The number of aromatic amines is 1. The van der Waals surface area contributed by atoms with E-state index < -0.39 is 17.4 Å². The van der Waals surface area contributed by atoms with Gasteiger partial charge < -0.3 is 24.1 Å². The van der Waals surface area contributed by atoms with Crippen LogP contribution in [0.2, 0.25) is 0 Å². The van der Waals surface area contributed by atoms with Crippen LogP contribution in [0.4, 0.5) is 14.5 Å². The molecule has 3 aliphatic heterocycles. The summed E-state index contributed by atoms with van der Waals surface area (Å²) in [7, 11) is 0. The number of imidazole rings is 1. The lowest BCUT2D eigenvalue weighted by Gasteiger charge is -2.29. The molecule has 0 radical (unpaired) electrons. The van der Waals surface area contributed by atoms with Crippen molar-refractivity contribution in [1.29, 1.82) is 5.26 Å². The van der Waals surface area contributed by atoms with Crippen LogP contribution in [0, 0.1) is 29.9 Å². The number of H-pyrrole nitrogens is 1. The van der Waals surface area contributed by atoms with Crippen molar-refractivity contribution >= 4 is 39.1 Å². The standard InChI is InChI=1S/C41H35F2N7O4/c1-23-30-18-27(19-33(43)38(30)48-47-23)45-40(51)26-7-9-35-34(17-26)46-37(50(35)21-28-12-15-52-28)22-49-13-10-25(11-14-49)29-4-3-5-36-39(29)54-41(2,53-36)31-8-6-24(20-44)16-32(31)42/h3-10,16-19,28H,11-15,21-22H2,1-2H3,(H,45,51)(H,47,48)/t28?,41-/m0/s1. The van der Waals surface area contributed by atoms with E-state index in [1.165, 1.54) is 18.2 Å². The molecule has 1 saturated heterocycles. The van der Waals surface area contributed by atoms with E-state index in [-0.39, 0.29) is 23.1 Å². The molecule has 0 spiro atoms. The number of anilines is 1. The van der Waals surface area contributed by atoms with Crippen molar-refractivity contribution in [2.24, 2.45) is 0 Å². The number of rotatable bonds is 8. The monoisotopic (exact) mass is 727 g/mol. The number of nitriles is 1. The second-order valence-electron chi connectivity index (χ2n) is 14.1. The Morgan fingerprint density at radius 1 is 1.11 bits per heavy atom. The molecular formula is C41H35F2N7O4. The van der Waals surface area contributed by atoms with Gasteiger partial charge in [0.25, 0.3) is 11.7 Å². The highest BCUT2D eigenvalue weighted by molar-refractivity contribution is 6.06. The fraction of sp³-hybridized carbons (Fsp3) is 0.268. The van der Waals surface area contributed by atoms with Gasteiger partial charge in [0.1, 0.15) is 17.2 Å². The van der Waals surface area contributed by atoms with Crippen LogP contribution in [-0.2, 0) is 23.6 Å². The first-order valence-corrected chi connectivity index (χ1v) is 17.8. The second kappa shape index (κ2) is 13.1. The number of aryl methyl sites for hydroxylation is 1. The van der Waals surface area contributed by atoms with Crippen LogP contribution < -0.4 is 14.8 Å². The lowest BCUT2D eigenvalue weighted by atomic mass is 9.98. The number of para-hydroxylation sites is 1. The SMILES string of the molecule is Cc1n[nH]c2c(F)cc(NC(=O)c3ccc4c(c3)nc(CN3CC=C(c5cccc6c5O[C@@](C)(c5ccc(C#N)cc5F)O6)CC3)n4CC3CCO3)cc12. The zero-order valence-electron chi connectivity index (χ0n) is 29.6. The van der Waals surface area contributed by atoms with Gasteiger partial charge in [0.05, 0.1) is 53.1 Å². The Morgan fingerprint density at radius 2 is 1.98 bits per heavy atom. The molecule has 0 saturated carbocycles. The number of fused-ring (bicyclic) bond motifs is 3. The summed E-state index contributed by atoms with van der Waals surface area (Å²) in [6.07, 6.45) is 3.98. The molecule has 1 amide bonds. The molecule has 1 fully saturated rings. The molecule has 2 atom stereocenters. The molecule has 9 rings (SSSR count). The number of amides is 1. The smallest absolute Gasteiger partial charge is 0.278 e. The number of carbonyl (C=O) groups is 1. The summed E-state index contributed by atoms with van der Waals surface area (Å²) in [5.74, 6) is -0.843. The van der Waals surface area contributed by atoms with Gasteiger partial charge >= 0.3 is 0 Å². The Morgan fingerprint density at radius 3 is 2.74 bits per heavy atom. The van der Waals surface area contributed by atoms with Crippen molar-refractivity contribution in [3.05, 3.63) is 118 Å². The predicted molar refractivity (Wildman–Crippen MR) is 197 cm³/mol. The van der Waals surface area contributed by atoms with Gasteiger partial charge in [-0.15, -0.1) is 0 Å². The predicted octanol–water partition coefficient (Wildman–Crippen LogP) is 7.35. The molecule has 6 aromatic rings. The number of halogens is 2. The fourth-order valence-electron chi connectivity index (χ4n) is 7.50. The molecule has 0 aliphatic carbocycles. The third-order valence-corrected chi connectivity index (χ3v) is 10.5. The van der Waals surface area contributed by atoms with E-state index in [1.807, 2.05) is 30.3 Å². The van der Waals surface area contributed by atoms with Crippen LogP contribution in [0.3, 0.4) is 0 Å². The molecule has 5 heterocycles. The number of hydrogen-bond donors (Lipinski definition) is 2. The molecule has 2 aromatic heterocycles. The molecule has 1 unspecified atom stereocenters. The van der Waals surface area contributed by atoms with Crippen molar-refractivity contribution < 1.29 is 27.8 Å². The van der Waals surface area contributed by atoms with Gasteiger partial charge in [-0.1, -0.05) is 18.2 Å². The topological polar surface area (TPSA) is 130 Å². The average molecular weight is 728 g/mol. The molecule has 13 heteroatoms. The minimum absolute atomic E-state index is 0.0963. The first-order valence-electron chi connectivity index (χ1n) is 17.8. The number of nitrogens with zero attached hydrogens (tertiary/aromatic N) is 5. The molecule has 54 heavy (non-hydrogen) atoms. The van der Waals surface area contributed by atoms with Crippen molar-refractivity contribution in [1.82, 2.24) is 24.6 Å². The summed E-state index contributed by atoms with van der Waals surface area (Å²) in [6.45, 7) is 6.85. The molecule has 4 aromatic carbocycles. The highest BCUT2D eigenvalue weighted by Gasteiger charge is 2.42. The Hall–Kier alpha value is -6.10. The maximum absolute atomic E-state index is 15.0. The van der Waals surface area contributed by atoms with Crippen LogP contribution in [0.1, 0.15) is 58.3 Å². The van der Waals surface area contributed by atoms with Gasteiger partial charge in [0.2, 0.25) is 0 Å². The lowest BCUT2D eigenvalue weighted by molar-refractivity contribution is -0.0708. The molecule has 2 N–H and O–H groups in total. The molecule has 3 aliphatic rings. The van der Waals surface area contributed by atoms with Crippen molar-refractivity contribution in [2.45, 2.75) is 51.7 Å². The van der Waals surface area contributed by atoms with Crippen LogP contribution in [-0.4, -0.2) is 56.4 Å². The van der Waals surface area contributed by atoms with Crippen LogP contribution in [0.15, 0.2) is 72.8 Å². The van der Waals surface area contributed by atoms with Crippen LogP contribution >= 0.6 is 0 Å². The van der Waals surface area contributed by atoms with Gasteiger partial charge in [-0.25, -0.2) is 13.8 Å². The van der Waals surface area contributed by atoms with Crippen molar-refractivity contribution in [2.75, 3.05) is 25.0 Å². The zero-order chi connectivity index (χ0) is 37.1. The Balaban J connectivity index is 0.939. The van der Waals surface area contributed by atoms with E-state index in [2.05, 4.69) is 31.1 Å². The summed E-state index contributed by atoms with van der Waals surface area (Å²) < 4.78 is 50.3. The maximum Gasteiger partial charge on any atom is 0.278 e. The highest BCUT2D eigenvalue weighted by atomic mass is 19.1. The van der Waals surface area contributed by atoms with Gasteiger partial charge in [-0.2, -0.15) is 10.4 Å². The first-order chi connectivity index (χ1) is 26.2. The van der Waals surface area contributed by atoms with Gasteiger partial charge in [0, 0.05) is 48.8 Å². The fourth-order valence-corrected chi connectivity index (χ4v) is 7.50. The van der Waals surface area contributed by atoms with E-state index in [0.29, 0.717) is 64.5 Å². The maximum atomic E-state index is 15.0. The number of aromatic nitrogens is 4. The summed E-state index contributed by atoms with van der Waals surface area (Å²) in [5, 5.41) is 19.4. The summed E-state index contributed by atoms with van der Waals surface area (Å²) in [6, 6.07) is 20.4. The largest absolute Gasteiger partial charge is 0.444 e. The van der Waals surface area contributed by atoms with E-state index >= 15 is 4.39 Å². The quantitative estimate of drug-likeness (QED) is 0.167. The normalized spacial score (nSPS) is 19.5. The molecular weight excluding hydrogens is 692 g/mol. The summed E-state index contributed by atoms with van der Waals surface area (Å²) in [5.41, 5.74) is 5.73. The number of benzene rings is 4. The van der Waals surface area contributed by atoms with E-state index in [0.717, 1.165) is 48.5 Å². The number of ether oxygens (including phenoxy) is 3. The van der Waals surface area contributed by atoms with E-state index in [9.17, 15) is 14.4 Å². The molecule has 0 bridgehead atoms. The van der Waals surface area contributed by atoms with Crippen LogP contribution in [0.25, 0.3) is 27.5 Å². The van der Waals surface area contributed by atoms with Gasteiger partial charge in [-0.3, -0.25) is 14.8 Å². The van der Waals surface area contributed by atoms with E-state index in [1.54, 1.807) is 38.1 Å². The lowest BCUT2D eigenvalue weighted by Crippen LogP contribution is -2.33. The van der Waals surface area contributed by atoms with E-state index in [4.69, 9.17) is 19.2 Å². The summed E-state index contributed by atoms with van der Waals surface area (Å²) in [4.78, 5) is 20.7. The minimum Gasteiger partial charge on any atom is -0.444 e. The zero-order valence-corrected chi connectivity index (χ0v) is 29.6. The second-order valence-corrected chi connectivity index (χ2v) is 14.1. The van der Waals surface area contributed by atoms with Gasteiger partial charge in [-0.05, 0) is 79.9 Å². The highest BCUT2D eigenvalue weighted by Crippen LogP contribution is 2.49. The molecule has 11 nitrogen and oxygen atoms in total. The van der Waals surface area contributed by atoms with Crippen LogP contribution in [0.5, 0.6) is 11.5 Å². The first kappa shape index (κ1) is 33.7. The number of nitrogens with one attached hydrogen (secondary N) is 2. The number of hydrogen-bond acceptors (Lipinski definition) is 8. The van der Waals surface area contributed by atoms with Crippen molar-refractivity contribution in [3.63, 3.8) is 0 Å². The number of carbonyl (C=O) groups excluding carboxylic acids is 1. The Bertz CT molecular complexity index is 2570. The Labute approximate surface area is 308 Å². The summed E-state index contributed by atoms with van der Waals surface area (Å²) >= 11 is 0. The minimum atomic E-state index is -1.38.